The molecule has 0 spiro atoms. The van der Waals surface area contributed by atoms with Gasteiger partial charge in [-0.3, -0.25) is 0 Å². The quantitative estimate of drug-likeness (QED) is 0.253. The van der Waals surface area contributed by atoms with Crippen molar-refractivity contribution in [1.82, 2.24) is 0 Å². The molecule has 0 heteroatoms. The highest BCUT2D eigenvalue weighted by Gasteiger charge is 2.34. The summed E-state index contributed by atoms with van der Waals surface area (Å²) in [6.07, 6.45) is 22.2. The van der Waals surface area contributed by atoms with E-state index in [1.165, 1.54) is 125 Å². The lowest BCUT2D eigenvalue weighted by Crippen LogP contribution is -2.26. The van der Waals surface area contributed by atoms with Gasteiger partial charge in [0.25, 0.3) is 0 Å². The SMILES string of the molecule is CCCCCCCCC1(CCCCCCCC)Cc2cc(C)ccc2-c2ccc(C)cc2C1. The largest absolute Gasteiger partial charge is 0.0654 e. The van der Waals surface area contributed by atoms with Gasteiger partial charge in [-0.25, -0.2) is 0 Å². The van der Waals surface area contributed by atoms with E-state index >= 15 is 0 Å². The summed E-state index contributed by atoms with van der Waals surface area (Å²) < 4.78 is 0. The van der Waals surface area contributed by atoms with Gasteiger partial charge in [-0.15, -0.1) is 0 Å². The van der Waals surface area contributed by atoms with Gasteiger partial charge in [0, 0.05) is 0 Å². The van der Waals surface area contributed by atoms with Crippen LogP contribution >= 0.6 is 0 Å². The zero-order valence-corrected chi connectivity index (χ0v) is 22.3. The van der Waals surface area contributed by atoms with E-state index < -0.39 is 0 Å². The molecule has 0 atom stereocenters. The maximum atomic E-state index is 2.50. The summed E-state index contributed by atoms with van der Waals surface area (Å²) >= 11 is 0. The number of benzene rings is 2. The molecule has 0 N–H and O–H groups in total. The van der Waals surface area contributed by atoms with Gasteiger partial charge in [0.1, 0.15) is 0 Å². The van der Waals surface area contributed by atoms with Crippen molar-refractivity contribution in [3.05, 3.63) is 58.7 Å². The molecule has 1 aliphatic rings. The van der Waals surface area contributed by atoms with Crippen LogP contribution in [0, 0.1) is 19.3 Å². The zero-order valence-electron chi connectivity index (χ0n) is 22.3. The lowest BCUT2D eigenvalue weighted by molar-refractivity contribution is 0.218. The normalized spacial score (nSPS) is 14.5. The number of hydrogen-bond donors (Lipinski definition) is 0. The molecule has 0 saturated heterocycles. The van der Waals surface area contributed by atoms with E-state index in [-0.39, 0.29) is 0 Å². The van der Waals surface area contributed by atoms with Crippen LogP contribution in [0.5, 0.6) is 0 Å². The van der Waals surface area contributed by atoms with Crippen molar-refractivity contribution in [3.63, 3.8) is 0 Å². The molecular formula is C33H50. The lowest BCUT2D eigenvalue weighted by Gasteiger charge is -2.34. The first kappa shape index (κ1) is 26.1. The van der Waals surface area contributed by atoms with E-state index in [1.807, 2.05) is 0 Å². The van der Waals surface area contributed by atoms with Crippen molar-refractivity contribution < 1.29 is 0 Å². The van der Waals surface area contributed by atoms with Gasteiger partial charge < -0.3 is 0 Å². The van der Waals surface area contributed by atoms with E-state index in [4.69, 9.17) is 0 Å². The summed E-state index contributed by atoms with van der Waals surface area (Å²) in [5, 5.41) is 0. The van der Waals surface area contributed by atoms with E-state index in [2.05, 4.69) is 64.1 Å². The van der Waals surface area contributed by atoms with Gasteiger partial charge in [0.15, 0.2) is 0 Å². The molecule has 2 aromatic carbocycles. The summed E-state index contributed by atoms with van der Waals surface area (Å²) in [6, 6.07) is 14.5. The van der Waals surface area contributed by atoms with Crippen LogP contribution in [-0.4, -0.2) is 0 Å². The highest BCUT2D eigenvalue weighted by atomic mass is 14.4. The van der Waals surface area contributed by atoms with Crippen molar-refractivity contribution in [1.29, 1.82) is 0 Å². The topological polar surface area (TPSA) is 0 Å². The second kappa shape index (κ2) is 13.4. The van der Waals surface area contributed by atoms with Crippen molar-refractivity contribution in [2.24, 2.45) is 5.41 Å². The van der Waals surface area contributed by atoms with Crippen LogP contribution in [0.4, 0.5) is 0 Å². The average molecular weight is 447 g/mol. The van der Waals surface area contributed by atoms with Crippen LogP contribution in [0.1, 0.15) is 126 Å². The third kappa shape index (κ3) is 7.73. The fourth-order valence-electron chi connectivity index (χ4n) is 6.17. The fraction of sp³-hybridized carbons (Fsp3) is 0.636. The van der Waals surface area contributed by atoms with Crippen LogP contribution in [-0.2, 0) is 12.8 Å². The van der Waals surface area contributed by atoms with Gasteiger partial charge in [-0.1, -0.05) is 138 Å². The van der Waals surface area contributed by atoms with Crippen molar-refractivity contribution in [2.45, 2.75) is 130 Å². The first-order valence-electron chi connectivity index (χ1n) is 14.3. The smallest absolute Gasteiger partial charge is 0.0149 e. The molecule has 0 nitrogen and oxygen atoms in total. The maximum Gasteiger partial charge on any atom is -0.0149 e. The molecule has 0 fully saturated rings. The molecule has 0 radical (unpaired) electrons. The second-order valence-corrected chi connectivity index (χ2v) is 11.2. The predicted octanol–water partition coefficient (Wildman–Crippen LogP) is 10.6. The van der Waals surface area contributed by atoms with Gasteiger partial charge in [0.05, 0.1) is 0 Å². The van der Waals surface area contributed by atoms with Crippen LogP contribution in [0.15, 0.2) is 36.4 Å². The number of hydrogen-bond acceptors (Lipinski definition) is 0. The maximum absolute atomic E-state index is 2.50. The molecular weight excluding hydrogens is 396 g/mol. The Morgan fingerprint density at radius 2 is 0.939 bits per heavy atom. The molecule has 2 aromatic rings. The summed E-state index contributed by atoms with van der Waals surface area (Å²) in [5.74, 6) is 0. The third-order valence-corrected chi connectivity index (χ3v) is 8.06. The number of unbranched alkanes of at least 4 members (excludes halogenated alkanes) is 10. The van der Waals surface area contributed by atoms with Gasteiger partial charge in [0.2, 0.25) is 0 Å². The van der Waals surface area contributed by atoms with Gasteiger partial charge in [-0.2, -0.15) is 0 Å². The Bertz CT molecular complexity index is 772. The molecule has 0 aliphatic heterocycles. The fourth-order valence-corrected chi connectivity index (χ4v) is 6.17. The van der Waals surface area contributed by atoms with Gasteiger partial charge >= 0.3 is 0 Å². The van der Waals surface area contributed by atoms with Crippen LogP contribution in [0.2, 0.25) is 0 Å². The molecule has 33 heavy (non-hydrogen) atoms. The zero-order chi connectivity index (χ0) is 23.5. The van der Waals surface area contributed by atoms with E-state index in [9.17, 15) is 0 Å². The third-order valence-electron chi connectivity index (χ3n) is 8.06. The van der Waals surface area contributed by atoms with E-state index in [0.717, 1.165) is 0 Å². The standard InChI is InChI=1S/C33H50/c1-5-7-9-11-13-15-21-33(22-16-14-12-10-8-6-2)25-29-23-27(3)17-19-31(29)32-20-18-28(4)24-30(32)26-33/h17-20,23-24H,5-16,21-22,25-26H2,1-4H3. The lowest BCUT2D eigenvalue weighted by atomic mass is 9.70. The monoisotopic (exact) mass is 446 g/mol. The van der Waals surface area contributed by atoms with Crippen molar-refractivity contribution in [2.75, 3.05) is 0 Å². The molecule has 182 valence electrons. The minimum Gasteiger partial charge on any atom is -0.0654 e. The second-order valence-electron chi connectivity index (χ2n) is 11.2. The Morgan fingerprint density at radius 3 is 1.36 bits per heavy atom. The molecule has 1 aliphatic carbocycles. The molecule has 3 rings (SSSR count). The van der Waals surface area contributed by atoms with Crippen LogP contribution in [0.25, 0.3) is 11.1 Å². The molecule has 0 aromatic heterocycles. The Hall–Kier alpha value is -1.56. The Balaban J connectivity index is 1.83. The highest BCUT2D eigenvalue weighted by Crippen LogP contribution is 2.46. The molecule has 0 saturated carbocycles. The Labute approximate surface area is 205 Å². The summed E-state index contributed by atoms with van der Waals surface area (Å²) in [7, 11) is 0. The van der Waals surface area contributed by atoms with Crippen molar-refractivity contribution >= 4 is 0 Å². The van der Waals surface area contributed by atoms with Crippen LogP contribution < -0.4 is 0 Å². The minimum atomic E-state index is 0.428. The molecule has 0 unspecified atom stereocenters. The number of aryl methyl sites for hydroxylation is 2. The first-order valence-corrected chi connectivity index (χ1v) is 14.3. The number of fused-ring (bicyclic) bond motifs is 3. The van der Waals surface area contributed by atoms with E-state index in [1.54, 1.807) is 11.1 Å². The van der Waals surface area contributed by atoms with Gasteiger partial charge in [-0.05, 0) is 67.2 Å². The van der Waals surface area contributed by atoms with Crippen molar-refractivity contribution in [3.8, 4) is 11.1 Å². The van der Waals surface area contributed by atoms with E-state index in [0.29, 0.717) is 5.41 Å². The summed E-state index contributed by atoms with van der Waals surface area (Å²) in [6.45, 7) is 9.18. The molecule has 0 amide bonds. The Kier molecular flexibility index (Phi) is 10.5. The summed E-state index contributed by atoms with van der Waals surface area (Å²) in [4.78, 5) is 0. The minimum absolute atomic E-state index is 0.428. The molecule has 0 heterocycles. The number of rotatable bonds is 14. The summed E-state index contributed by atoms with van der Waals surface area (Å²) in [5.41, 5.74) is 9.47. The average Bonchev–Trinajstić information content (AvgIpc) is 2.92. The highest BCUT2D eigenvalue weighted by molar-refractivity contribution is 5.73. The predicted molar refractivity (Wildman–Crippen MR) is 147 cm³/mol. The Morgan fingerprint density at radius 1 is 0.545 bits per heavy atom. The first-order chi connectivity index (χ1) is 16.1. The molecule has 0 bridgehead atoms. The van der Waals surface area contributed by atoms with Crippen LogP contribution in [0.3, 0.4) is 0 Å².